The van der Waals surface area contributed by atoms with Crippen molar-refractivity contribution < 1.29 is 9.66 Å². The zero-order valence-corrected chi connectivity index (χ0v) is 11.5. The minimum Gasteiger partial charge on any atom is -0.416 e. The molecule has 0 saturated carbocycles. The van der Waals surface area contributed by atoms with Gasteiger partial charge in [0.05, 0.1) is 9.40 Å². The van der Waals surface area contributed by atoms with E-state index in [1.54, 1.807) is 6.07 Å². The molecule has 20 heavy (non-hydrogen) atoms. The molecule has 1 aromatic carbocycles. The van der Waals surface area contributed by atoms with Gasteiger partial charge in [-0.15, -0.1) is 0 Å². The van der Waals surface area contributed by atoms with Crippen molar-refractivity contribution in [1.82, 2.24) is 9.97 Å². The number of rotatable bonds is 4. The number of nitro benzene ring substituents is 1. The molecule has 0 aliphatic rings. The number of nitro groups is 1. The number of hydrogen-bond donors (Lipinski definition) is 2. The van der Waals surface area contributed by atoms with Gasteiger partial charge in [0.25, 0.3) is 0 Å². The SMILES string of the molecule is N=C(N)c1ccnc(Oc2c(Br)cccc2[N+](=O)[O-])n1. The summed E-state index contributed by atoms with van der Waals surface area (Å²) in [7, 11) is 0. The van der Waals surface area contributed by atoms with Gasteiger partial charge in [-0.25, -0.2) is 4.98 Å². The monoisotopic (exact) mass is 337 g/mol. The lowest BCUT2D eigenvalue weighted by atomic mass is 10.3. The average Bonchev–Trinajstić information content (AvgIpc) is 2.41. The molecular formula is C11H8BrN5O3. The molecule has 102 valence electrons. The Morgan fingerprint density at radius 2 is 2.20 bits per heavy atom. The molecule has 0 aliphatic carbocycles. The Morgan fingerprint density at radius 1 is 1.45 bits per heavy atom. The van der Waals surface area contributed by atoms with E-state index in [-0.39, 0.29) is 29.0 Å². The zero-order valence-electron chi connectivity index (χ0n) is 9.91. The van der Waals surface area contributed by atoms with Crippen molar-refractivity contribution in [1.29, 1.82) is 5.41 Å². The lowest BCUT2D eigenvalue weighted by Crippen LogP contribution is -2.13. The molecule has 0 spiro atoms. The molecule has 0 aliphatic heterocycles. The number of nitrogen functional groups attached to an aromatic ring is 1. The second-order valence-corrected chi connectivity index (χ2v) is 4.44. The lowest BCUT2D eigenvalue weighted by Gasteiger charge is -2.07. The minimum absolute atomic E-state index is 0.0156. The molecule has 0 fully saturated rings. The van der Waals surface area contributed by atoms with Crippen LogP contribution in [0, 0.1) is 15.5 Å². The van der Waals surface area contributed by atoms with Crippen LogP contribution in [-0.4, -0.2) is 20.7 Å². The first kappa shape index (κ1) is 13.9. The van der Waals surface area contributed by atoms with Gasteiger partial charge < -0.3 is 10.5 Å². The van der Waals surface area contributed by atoms with E-state index in [9.17, 15) is 10.1 Å². The van der Waals surface area contributed by atoms with Crippen LogP contribution in [0.2, 0.25) is 0 Å². The number of amidine groups is 1. The number of aromatic nitrogens is 2. The number of nitrogens with one attached hydrogen (secondary N) is 1. The normalized spacial score (nSPS) is 10.1. The van der Waals surface area contributed by atoms with Gasteiger partial charge in [0, 0.05) is 12.3 Å². The van der Waals surface area contributed by atoms with Crippen LogP contribution < -0.4 is 10.5 Å². The third-order valence-electron chi connectivity index (χ3n) is 2.25. The maximum Gasteiger partial charge on any atom is 0.322 e. The number of ether oxygens (including phenoxy) is 1. The molecule has 2 rings (SSSR count). The number of benzene rings is 1. The van der Waals surface area contributed by atoms with Gasteiger partial charge in [-0.3, -0.25) is 15.5 Å². The van der Waals surface area contributed by atoms with Crippen molar-refractivity contribution >= 4 is 27.5 Å². The summed E-state index contributed by atoms with van der Waals surface area (Å²) >= 11 is 3.17. The largest absolute Gasteiger partial charge is 0.416 e. The number of para-hydroxylation sites is 1. The highest BCUT2D eigenvalue weighted by Gasteiger charge is 2.19. The molecule has 2 aromatic rings. The van der Waals surface area contributed by atoms with E-state index in [0.717, 1.165) is 0 Å². The maximum absolute atomic E-state index is 10.9. The van der Waals surface area contributed by atoms with E-state index in [4.69, 9.17) is 15.9 Å². The molecule has 0 amide bonds. The minimum atomic E-state index is -0.574. The molecule has 1 heterocycles. The highest BCUT2D eigenvalue weighted by Crippen LogP contribution is 2.36. The van der Waals surface area contributed by atoms with Crippen molar-refractivity contribution in [3.8, 4) is 11.8 Å². The van der Waals surface area contributed by atoms with Gasteiger partial charge in [-0.2, -0.15) is 4.98 Å². The van der Waals surface area contributed by atoms with E-state index < -0.39 is 4.92 Å². The Kier molecular flexibility index (Phi) is 3.89. The summed E-state index contributed by atoms with van der Waals surface area (Å²) in [6.07, 6.45) is 1.35. The first-order valence-electron chi connectivity index (χ1n) is 5.27. The number of nitrogens with two attached hydrogens (primary N) is 1. The van der Waals surface area contributed by atoms with Gasteiger partial charge in [0.15, 0.2) is 0 Å². The van der Waals surface area contributed by atoms with Gasteiger partial charge >= 0.3 is 11.7 Å². The Balaban J connectivity index is 2.42. The molecule has 9 heteroatoms. The predicted octanol–water partition coefficient (Wildman–Crippen LogP) is 2.22. The van der Waals surface area contributed by atoms with Crippen molar-refractivity contribution in [3.63, 3.8) is 0 Å². The summed E-state index contributed by atoms with van der Waals surface area (Å²) in [5, 5.41) is 18.2. The second-order valence-electron chi connectivity index (χ2n) is 3.59. The van der Waals surface area contributed by atoms with Gasteiger partial charge in [0.1, 0.15) is 11.5 Å². The van der Waals surface area contributed by atoms with E-state index >= 15 is 0 Å². The predicted molar refractivity (Wildman–Crippen MR) is 73.9 cm³/mol. The molecule has 8 nitrogen and oxygen atoms in total. The van der Waals surface area contributed by atoms with E-state index in [0.29, 0.717) is 4.47 Å². The fourth-order valence-corrected chi connectivity index (χ4v) is 1.81. The molecule has 1 aromatic heterocycles. The van der Waals surface area contributed by atoms with Crippen LogP contribution in [0.3, 0.4) is 0 Å². The van der Waals surface area contributed by atoms with Crippen molar-refractivity contribution in [2.24, 2.45) is 5.73 Å². The van der Waals surface area contributed by atoms with E-state index in [1.807, 2.05) is 0 Å². The van der Waals surface area contributed by atoms with Crippen LogP contribution in [0.15, 0.2) is 34.9 Å². The summed E-state index contributed by atoms with van der Waals surface area (Å²) in [5.74, 6) is -0.267. The molecule has 0 bridgehead atoms. The van der Waals surface area contributed by atoms with Crippen LogP contribution in [0.1, 0.15) is 5.69 Å². The summed E-state index contributed by atoms with van der Waals surface area (Å²) in [5.41, 5.74) is 5.25. The van der Waals surface area contributed by atoms with Crippen LogP contribution in [-0.2, 0) is 0 Å². The highest BCUT2D eigenvalue weighted by molar-refractivity contribution is 9.10. The van der Waals surface area contributed by atoms with Crippen LogP contribution in [0.5, 0.6) is 11.8 Å². The molecule has 0 radical (unpaired) electrons. The molecule has 0 saturated heterocycles. The van der Waals surface area contributed by atoms with Gasteiger partial charge in [-0.05, 0) is 28.1 Å². The topological polar surface area (TPSA) is 128 Å². The maximum atomic E-state index is 10.9. The van der Waals surface area contributed by atoms with Crippen LogP contribution in [0.25, 0.3) is 0 Å². The van der Waals surface area contributed by atoms with Gasteiger partial charge in [-0.1, -0.05) is 6.07 Å². The Bertz CT molecular complexity index is 692. The quantitative estimate of drug-likeness (QED) is 0.381. The Morgan fingerprint density at radius 3 is 2.85 bits per heavy atom. The summed E-state index contributed by atoms with van der Waals surface area (Å²) in [4.78, 5) is 18.1. The summed E-state index contributed by atoms with van der Waals surface area (Å²) in [6.45, 7) is 0. The van der Waals surface area contributed by atoms with Crippen molar-refractivity contribution in [2.45, 2.75) is 0 Å². The van der Waals surface area contributed by atoms with Crippen LogP contribution in [0.4, 0.5) is 5.69 Å². The summed E-state index contributed by atoms with van der Waals surface area (Å²) in [6, 6.07) is 5.71. The molecule has 3 N–H and O–H groups in total. The van der Waals surface area contributed by atoms with E-state index in [1.165, 1.54) is 24.4 Å². The smallest absolute Gasteiger partial charge is 0.322 e. The highest BCUT2D eigenvalue weighted by atomic mass is 79.9. The Labute approximate surface area is 121 Å². The summed E-state index contributed by atoms with van der Waals surface area (Å²) < 4.78 is 5.72. The molecular weight excluding hydrogens is 330 g/mol. The number of nitrogens with zero attached hydrogens (tertiary/aromatic N) is 3. The molecule has 0 atom stereocenters. The third kappa shape index (κ3) is 2.88. The fourth-order valence-electron chi connectivity index (χ4n) is 1.37. The van der Waals surface area contributed by atoms with Crippen molar-refractivity contribution in [3.05, 3.63) is 50.7 Å². The van der Waals surface area contributed by atoms with Gasteiger partial charge in [0.2, 0.25) is 5.75 Å². The standard InChI is InChI=1S/C11H8BrN5O3/c12-6-2-1-3-8(17(18)19)9(6)20-11-15-5-4-7(16-11)10(13)14/h1-5H,(H3,13,14). The number of halogens is 1. The van der Waals surface area contributed by atoms with E-state index in [2.05, 4.69) is 25.9 Å². The van der Waals surface area contributed by atoms with Crippen LogP contribution >= 0.6 is 15.9 Å². The first-order chi connectivity index (χ1) is 9.49. The Hall–Kier alpha value is -2.55. The first-order valence-corrected chi connectivity index (χ1v) is 6.06. The third-order valence-corrected chi connectivity index (χ3v) is 2.87. The number of hydrogen-bond acceptors (Lipinski definition) is 6. The zero-order chi connectivity index (χ0) is 14.7. The average molecular weight is 338 g/mol. The van der Waals surface area contributed by atoms with Crippen molar-refractivity contribution in [2.75, 3.05) is 0 Å². The fraction of sp³-hybridized carbons (Fsp3) is 0. The molecule has 0 unspecified atom stereocenters. The second kappa shape index (κ2) is 5.61. The lowest BCUT2D eigenvalue weighted by molar-refractivity contribution is -0.385.